The summed E-state index contributed by atoms with van der Waals surface area (Å²) in [6.45, 7) is 2.81. The minimum Gasteiger partial charge on any atom is -0.459 e. The molecule has 0 spiro atoms. The first-order valence-electron chi connectivity index (χ1n) is 11.1. The van der Waals surface area contributed by atoms with Crippen LogP contribution in [0.4, 0.5) is 0 Å². The summed E-state index contributed by atoms with van der Waals surface area (Å²) in [6, 6.07) is 20.0. The second kappa shape index (κ2) is 9.59. The normalized spacial score (nSPS) is 21.1. The number of nitrogens with zero attached hydrogens (tertiary/aromatic N) is 3. The van der Waals surface area contributed by atoms with Gasteiger partial charge >= 0.3 is 5.97 Å². The maximum Gasteiger partial charge on any atom is 0.347 e. The van der Waals surface area contributed by atoms with Gasteiger partial charge in [0.15, 0.2) is 0 Å². The molecule has 4 rings (SSSR count). The van der Waals surface area contributed by atoms with E-state index >= 15 is 0 Å². The molecule has 2 heterocycles. The highest BCUT2D eigenvalue weighted by Gasteiger charge is 2.43. The maximum absolute atomic E-state index is 13.3. The Morgan fingerprint density at radius 2 is 1.62 bits per heavy atom. The van der Waals surface area contributed by atoms with Gasteiger partial charge in [-0.2, -0.15) is 0 Å². The van der Waals surface area contributed by atoms with Crippen molar-refractivity contribution in [3.8, 4) is 0 Å². The summed E-state index contributed by atoms with van der Waals surface area (Å²) in [6.07, 6.45) is 5.59. The molecule has 166 valence electrons. The molecule has 6 heteroatoms. The highest BCUT2D eigenvalue weighted by molar-refractivity contribution is 5.85. The van der Waals surface area contributed by atoms with E-state index in [-0.39, 0.29) is 6.10 Å². The van der Waals surface area contributed by atoms with Crippen LogP contribution in [0.15, 0.2) is 79.3 Å². The van der Waals surface area contributed by atoms with Crippen molar-refractivity contribution in [1.29, 1.82) is 0 Å². The van der Waals surface area contributed by atoms with Crippen LogP contribution in [0, 0.1) is 0 Å². The number of hydrogen-bond donors (Lipinski definition) is 1. The van der Waals surface area contributed by atoms with Gasteiger partial charge in [0.1, 0.15) is 12.4 Å². The topological polar surface area (TPSA) is 72.3 Å². The van der Waals surface area contributed by atoms with Crippen LogP contribution in [0.25, 0.3) is 0 Å². The summed E-state index contributed by atoms with van der Waals surface area (Å²) < 4.78 is 6.82. The number of hydrogen-bond acceptors (Lipinski definition) is 5. The molecule has 1 saturated heterocycles. The summed E-state index contributed by atoms with van der Waals surface area (Å²) in [4.78, 5) is 21.6. The quantitative estimate of drug-likeness (QED) is 0.459. The number of ether oxygens (including phenoxy) is 1. The van der Waals surface area contributed by atoms with E-state index in [1.807, 2.05) is 42.5 Å². The van der Waals surface area contributed by atoms with E-state index in [0.717, 1.165) is 49.1 Å². The lowest BCUT2D eigenvalue weighted by Crippen LogP contribution is -2.53. The highest BCUT2D eigenvalue weighted by Crippen LogP contribution is 2.32. The predicted octanol–water partition coefficient (Wildman–Crippen LogP) is 3.11. The zero-order valence-corrected chi connectivity index (χ0v) is 18.4. The number of quaternary nitrogens is 1. The van der Waals surface area contributed by atoms with Crippen molar-refractivity contribution < 1.29 is 19.1 Å². The Hall–Kier alpha value is -3.09. The molecule has 1 N–H and O–H groups in total. The van der Waals surface area contributed by atoms with Crippen LogP contribution < -0.4 is 0 Å². The Morgan fingerprint density at radius 1 is 1.03 bits per heavy atom. The van der Waals surface area contributed by atoms with Gasteiger partial charge in [-0.05, 0) is 17.2 Å². The number of aromatic nitrogens is 2. The standard InChI is InChI=1S/C26H30N3O3/c1-29(17-13-23-12-16-27-20-28-23)18-14-24(15-19-29)32-25(30)26(31,21-8-4-2-5-9-21)22-10-6-3-7-11-22/h2-12,16,20,24,31H,13-15,17-19H2,1H3/q+1. The second-order valence-electron chi connectivity index (χ2n) is 8.79. The van der Waals surface area contributed by atoms with Gasteiger partial charge in [-0.25, -0.2) is 14.8 Å². The van der Waals surface area contributed by atoms with E-state index < -0.39 is 11.6 Å². The number of likely N-dealkylation sites (N-methyl/N-ethyl adjacent to an activating group) is 1. The van der Waals surface area contributed by atoms with Crippen molar-refractivity contribution in [3.05, 3.63) is 96.1 Å². The zero-order chi connectivity index (χ0) is 22.4. The number of carbonyl (C=O) groups excluding carboxylic acids is 1. The number of carbonyl (C=O) groups is 1. The molecule has 0 aliphatic carbocycles. The minimum absolute atomic E-state index is 0.202. The number of likely N-dealkylation sites (tertiary alicyclic amines) is 1. The van der Waals surface area contributed by atoms with Crippen molar-refractivity contribution in [3.63, 3.8) is 0 Å². The average molecular weight is 433 g/mol. The molecule has 1 aromatic heterocycles. The van der Waals surface area contributed by atoms with Crippen molar-refractivity contribution in [2.45, 2.75) is 31.0 Å². The lowest BCUT2D eigenvalue weighted by atomic mass is 9.86. The number of esters is 1. The lowest BCUT2D eigenvalue weighted by molar-refractivity contribution is -0.914. The van der Waals surface area contributed by atoms with Gasteiger partial charge < -0.3 is 14.3 Å². The van der Waals surface area contributed by atoms with E-state index in [4.69, 9.17) is 4.74 Å². The van der Waals surface area contributed by atoms with Crippen molar-refractivity contribution in [2.24, 2.45) is 0 Å². The molecule has 0 amide bonds. The van der Waals surface area contributed by atoms with Gasteiger partial charge in [-0.1, -0.05) is 60.7 Å². The van der Waals surface area contributed by atoms with Crippen LogP contribution in [-0.4, -0.2) is 58.3 Å². The van der Waals surface area contributed by atoms with E-state index in [9.17, 15) is 9.90 Å². The molecular formula is C26H30N3O3+. The van der Waals surface area contributed by atoms with Gasteiger partial charge in [-0.15, -0.1) is 0 Å². The van der Waals surface area contributed by atoms with Gasteiger partial charge in [-0.3, -0.25) is 0 Å². The molecular weight excluding hydrogens is 402 g/mol. The zero-order valence-electron chi connectivity index (χ0n) is 18.4. The number of benzene rings is 2. The molecule has 2 aromatic carbocycles. The first kappa shape index (κ1) is 22.1. The predicted molar refractivity (Wildman–Crippen MR) is 122 cm³/mol. The van der Waals surface area contributed by atoms with E-state index in [2.05, 4.69) is 17.0 Å². The summed E-state index contributed by atoms with van der Waals surface area (Å²) in [7, 11) is 2.24. The second-order valence-corrected chi connectivity index (χ2v) is 8.79. The van der Waals surface area contributed by atoms with Gasteiger partial charge in [0.25, 0.3) is 0 Å². The third kappa shape index (κ3) is 4.87. The fraction of sp³-hybridized carbons (Fsp3) is 0.346. The van der Waals surface area contributed by atoms with Gasteiger partial charge in [0, 0.05) is 31.2 Å². The molecule has 32 heavy (non-hydrogen) atoms. The van der Waals surface area contributed by atoms with Crippen LogP contribution in [0.5, 0.6) is 0 Å². The molecule has 0 unspecified atom stereocenters. The summed E-state index contributed by atoms with van der Waals surface area (Å²) >= 11 is 0. The van der Waals surface area contributed by atoms with Crippen LogP contribution in [0.2, 0.25) is 0 Å². The SMILES string of the molecule is C[N+]1(CCc2ccncn2)CCC(OC(=O)C(O)(c2ccccc2)c2ccccc2)CC1. The van der Waals surface area contributed by atoms with Crippen molar-refractivity contribution in [2.75, 3.05) is 26.7 Å². The van der Waals surface area contributed by atoms with E-state index in [0.29, 0.717) is 11.1 Å². The molecule has 1 fully saturated rings. The van der Waals surface area contributed by atoms with Gasteiger partial charge in [0.2, 0.25) is 5.60 Å². The fourth-order valence-corrected chi connectivity index (χ4v) is 4.36. The first-order valence-corrected chi connectivity index (χ1v) is 11.1. The maximum atomic E-state index is 13.3. The fourth-order valence-electron chi connectivity index (χ4n) is 4.36. The largest absolute Gasteiger partial charge is 0.459 e. The van der Waals surface area contributed by atoms with Crippen LogP contribution >= 0.6 is 0 Å². The van der Waals surface area contributed by atoms with E-state index in [1.165, 1.54) is 0 Å². The number of aliphatic hydroxyl groups is 1. The third-order valence-electron chi connectivity index (χ3n) is 6.49. The first-order chi connectivity index (χ1) is 15.5. The van der Waals surface area contributed by atoms with Crippen LogP contribution in [0.1, 0.15) is 29.7 Å². The Labute approximate surface area is 189 Å². The third-order valence-corrected chi connectivity index (χ3v) is 6.49. The lowest BCUT2D eigenvalue weighted by Gasteiger charge is -2.41. The molecule has 0 atom stereocenters. The Morgan fingerprint density at radius 3 is 2.16 bits per heavy atom. The molecule has 0 saturated carbocycles. The molecule has 3 aromatic rings. The highest BCUT2D eigenvalue weighted by atomic mass is 16.6. The molecule has 0 radical (unpaired) electrons. The molecule has 6 nitrogen and oxygen atoms in total. The van der Waals surface area contributed by atoms with Crippen molar-refractivity contribution in [1.82, 2.24) is 9.97 Å². The molecule has 0 bridgehead atoms. The van der Waals surface area contributed by atoms with Crippen LogP contribution in [0.3, 0.4) is 0 Å². The smallest absolute Gasteiger partial charge is 0.347 e. The Kier molecular flexibility index (Phi) is 6.63. The minimum atomic E-state index is -1.83. The molecule has 1 aliphatic heterocycles. The Balaban J connectivity index is 1.42. The average Bonchev–Trinajstić information content (AvgIpc) is 2.85. The van der Waals surface area contributed by atoms with Gasteiger partial charge in [0.05, 0.1) is 26.7 Å². The number of rotatable bonds is 7. The summed E-state index contributed by atoms with van der Waals surface area (Å²) in [5, 5.41) is 11.6. The van der Waals surface area contributed by atoms with E-state index in [1.54, 1.807) is 36.8 Å². The van der Waals surface area contributed by atoms with Crippen molar-refractivity contribution >= 4 is 5.97 Å². The number of piperidine rings is 1. The summed E-state index contributed by atoms with van der Waals surface area (Å²) in [5.41, 5.74) is 0.240. The van der Waals surface area contributed by atoms with Crippen LogP contribution in [-0.2, 0) is 21.6 Å². The summed E-state index contributed by atoms with van der Waals surface area (Å²) in [5.74, 6) is -0.614. The monoisotopic (exact) mass is 432 g/mol. The Bertz CT molecular complexity index is 965. The molecule has 1 aliphatic rings.